The predicted octanol–water partition coefficient (Wildman–Crippen LogP) is 5.44. The first-order chi connectivity index (χ1) is 15.4. The molecule has 33 heavy (non-hydrogen) atoms. The van der Waals surface area contributed by atoms with Crippen LogP contribution in [-0.2, 0) is 16.1 Å². The van der Waals surface area contributed by atoms with Crippen LogP contribution in [0.3, 0.4) is 0 Å². The summed E-state index contributed by atoms with van der Waals surface area (Å²) in [5.41, 5.74) is -0.943. The molecule has 0 saturated carbocycles. The Morgan fingerprint density at radius 1 is 0.939 bits per heavy atom. The highest BCUT2D eigenvalue weighted by molar-refractivity contribution is 5.36. The molecule has 0 aliphatic carbocycles. The maximum absolute atomic E-state index is 13.8. The highest BCUT2D eigenvalue weighted by atomic mass is 19.1. The van der Waals surface area contributed by atoms with E-state index in [1.807, 2.05) is 6.07 Å². The number of hydrogen-bond donors (Lipinski definition) is 0. The van der Waals surface area contributed by atoms with Crippen molar-refractivity contribution in [3.8, 4) is 17.6 Å². The minimum Gasteiger partial charge on any atom is -0.497 e. The Hall–Kier alpha value is -3.88. The van der Waals surface area contributed by atoms with Crippen LogP contribution in [0, 0.1) is 46.6 Å². The van der Waals surface area contributed by atoms with Gasteiger partial charge in [-0.1, -0.05) is 20.8 Å². The van der Waals surface area contributed by atoms with Crippen molar-refractivity contribution >= 4 is 6.15 Å². The minimum absolute atomic E-state index is 0.106. The molecule has 2 aromatic rings. The van der Waals surface area contributed by atoms with E-state index in [0.29, 0.717) is 0 Å². The first kappa shape index (κ1) is 29.1. The van der Waals surface area contributed by atoms with Crippen LogP contribution in [0.5, 0.6) is 11.5 Å². The fraction of sp³-hybridized carbons (Fsp3) is 0.348. The van der Waals surface area contributed by atoms with E-state index in [1.165, 1.54) is 14.2 Å². The molecular formula is C23H22F4N2O4. The van der Waals surface area contributed by atoms with Crippen molar-refractivity contribution in [2.45, 2.75) is 33.2 Å². The molecule has 0 N–H and O–H groups in total. The molecule has 0 saturated heterocycles. The van der Waals surface area contributed by atoms with E-state index in [-0.39, 0.29) is 35.3 Å². The average Bonchev–Trinajstić information content (AvgIpc) is 2.73. The normalized spacial score (nSPS) is 10.6. The highest BCUT2D eigenvalue weighted by Crippen LogP contribution is 2.38. The van der Waals surface area contributed by atoms with Gasteiger partial charge in [0.15, 0.2) is 0 Å². The highest BCUT2D eigenvalue weighted by Gasteiger charge is 2.31. The fourth-order valence-corrected chi connectivity index (χ4v) is 2.57. The van der Waals surface area contributed by atoms with E-state index in [9.17, 15) is 17.6 Å². The lowest BCUT2D eigenvalue weighted by Gasteiger charge is -2.25. The third-order valence-electron chi connectivity index (χ3n) is 4.16. The van der Waals surface area contributed by atoms with Gasteiger partial charge in [0.1, 0.15) is 40.3 Å². The molecule has 1 atom stereocenters. The summed E-state index contributed by atoms with van der Waals surface area (Å²) in [6.45, 7) is 11.5. The zero-order valence-electron chi connectivity index (χ0n) is 18.6. The second kappa shape index (κ2) is 13.5. The zero-order valence-corrected chi connectivity index (χ0v) is 18.6. The molecule has 0 spiro atoms. The van der Waals surface area contributed by atoms with E-state index in [4.69, 9.17) is 26.2 Å². The van der Waals surface area contributed by atoms with Crippen LogP contribution < -0.4 is 9.47 Å². The minimum atomic E-state index is -0.839. The second-order valence-corrected chi connectivity index (χ2v) is 7.40. The van der Waals surface area contributed by atoms with Crippen molar-refractivity contribution in [2.24, 2.45) is 5.41 Å². The SMILES string of the molecule is COc1cc(F)c(C(C#N)C(C)(C)C)c(F)c1.O=C=O.[C-]#[N+]Cc1c(F)cc(OC)cc1F. The lowest BCUT2D eigenvalue weighted by Crippen LogP contribution is -2.19. The Balaban J connectivity index is 0.000000569. The average molecular weight is 466 g/mol. The molecule has 0 radical (unpaired) electrons. The van der Waals surface area contributed by atoms with Crippen molar-refractivity contribution in [3.05, 3.63) is 70.1 Å². The van der Waals surface area contributed by atoms with E-state index in [1.54, 1.807) is 20.8 Å². The topological polar surface area (TPSA) is 80.8 Å². The number of benzene rings is 2. The molecule has 176 valence electrons. The molecule has 10 heteroatoms. The Labute approximate surface area is 189 Å². The van der Waals surface area contributed by atoms with E-state index in [0.717, 1.165) is 24.3 Å². The first-order valence-electron chi connectivity index (χ1n) is 9.18. The Bertz CT molecular complexity index is 1020. The summed E-state index contributed by atoms with van der Waals surface area (Å²) in [5, 5.41) is 9.08. The summed E-state index contributed by atoms with van der Waals surface area (Å²) in [6.07, 6.45) is 0.250. The number of halogens is 4. The molecule has 1 unspecified atom stereocenters. The van der Waals surface area contributed by atoms with Gasteiger partial charge in [0, 0.05) is 29.8 Å². The molecule has 0 bridgehead atoms. The summed E-state index contributed by atoms with van der Waals surface area (Å²) in [5.74, 6) is -3.60. The molecule has 6 nitrogen and oxygen atoms in total. The van der Waals surface area contributed by atoms with Crippen LogP contribution >= 0.6 is 0 Å². The van der Waals surface area contributed by atoms with Crippen LogP contribution in [0.4, 0.5) is 17.6 Å². The zero-order chi connectivity index (χ0) is 25.8. The third-order valence-corrected chi connectivity index (χ3v) is 4.16. The van der Waals surface area contributed by atoms with Crippen molar-refractivity contribution in [3.63, 3.8) is 0 Å². The van der Waals surface area contributed by atoms with Crippen LogP contribution in [0.25, 0.3) is 4.85 Å². The first-order valence-corrected chi connectivity index (χ1v) is 9.18. The van der Waals surface area contributed by atoms with E-state index >= 15 is 0 Å². The lowest BCUT2D eigenvalue weighted by molar-refractivity contribution is -0.191. The summed E-state index contributed by atoms with van der Waals surface area (Å²) in [4.78, 5) is 19.2. The monoisotopic (exact) mass is 466 g/mol. The fourth-order valence-electron chi connectivity index (χ4n) is 2.57. The molecule has 2 aromatic carbocycles. The maximum Gasteiger partial charge on any atom is 0.373 e. The van der Waals surface area contributed by atoms with Gasteiger partial charge in [-0.25, -0.2) is 24.1 Å². The molecule has 0 fully saturated rings. The van der Waals surface area contributed by atoms with Gasteiger partial charge in [-0.2, -0.15) is 14.9 Å². The molecular weight excluding hydrogens is 444 g/mol. The van der Waals surface area contributed by atoms with Crippen molar-refractivity contribution in [2.75, 3.05) is 14.2 Å². The number of ether oxygens (including phenoxy) is 2. The van der Waals surface area contributed by atoms with E-state index < -0.39 is 34.6 Å². The molecule has 0 aromatic heterocycles. The summed E-state index contributed by atoms with van der Waals surface area (Å²) >= 11 is 0. The number of carbonyl (C=O) groups excluding carboxylic acids is 2. The predicted molar refractivity (Wildman–Crippen MR) is 109 cm³/mol. The van der Waals surface area contributed by atoms with Gasteiger partial charge >= 0.3 is 6.15 Å². The van der Waals surface area contributed by atoms with E-state index in [2.05, 4.69) is 9.58 Å². The van der Waals surface area contributed by atoms with Gasteiger partial charge in [-0.3, -0.25) is 0 Å². The Kier molecular flexibility index (Phi) is 11.9. The van der Waals surface area contributed by atoms with Crippen LogP contribution in [0.15, 0.2) is 24.3 Å². The van der Waals surface area contributed by atoms with Gasteiger partial charge in [-0.05, 0) is 5.41 Å². The number of rotatable bonds is 4. The maximum atomic E-state index is 13.8. The molecule has 2 rings (SSSR count). The molecule has 0 heterocycles. The van der Waals surface area contributed by atoms with Crippen LogP contribution in [0.1, 0.15) is 37.8 Å². The van der Waals surface area contributed by atoms with Gasteiger partial charge in [0.2, 0.25) is 6.54 Å². The smallest absolute Gasteiger partial charge is 0.373 e. The quantitative estimate of drug-likeness (QED) is 0.443. The number of hydrogen-bond acceptors (Lipinski definition) is 5. The molecule has 0 amide bonds. The molecule has 0 aliphatic rings. The van der Waals surface area contributed by atoms with Crippen molar-refractivity contribution < 1.29 is 36.6 Å². The molecule has 0 aliphatic heterocycles. The van der Waals surface area contributed by atoms with Crippen molar-refractivity contribution in [1.29, 1.82) is 5.26 Å². The standard InChI is InChI=1S/C13H15F2NO.C9H7F2NO.CO2/c1-13(2,3)9(7-16)12-10(14)5-8(17-4)6-11(12)15;1-12-5-7-8(10)3-6(13-2)4-9(7)11;2-1-3/h5-6,9H,1-4H3;3-4H,5H2,2H3;. The van der Waals surface area contributed by atoms with Gasteiger partial charge in [0.05, 0.1) is 26.2 Å². The number of methoxy groups -OCH3 is 2. The van der Waals surface area contributed by atoms with Gasteiger partial charge in [0.25, 0.3) is 0 Å². The van der Waals surface area contributed by atoms with Gasteiger partial charge in [-0.15, -0.1) is 0 Å². The van der Waals surface area contributed by atoms with Crippen molar-refractivity contribution in [1.82, 2.24) is 0 Å². The largest absolute Gasteiger partial charge is 0.497 e. The summed E-state index contributed by atoms with van der Waals surface area (Å²) < 4.78 is 63.1. The number of nitrogens with zero attached hydrogens (tertiary/aromatic N) is 2. The summed E-state index contributed by atoms with van der Waals surface area (Å²) in [6, 6.07) is 6.26. The van der Waals surface area contributed by atoms with Crippen LogP contribution in [-0.4, -0.2) is 20.4 Å². The summed E-state index contributed by atoms with van der Waals surface area (Å²) in [7, 11) is 2.65. The lowest BCUT2D eigenvalue weighted by atomic mass is 9.77. The second-order valence-electron chi connectivity index (χ2n) is 7.40. The third kappa shape index (κ3) is 8.64. The number of nitriles is 1. The van der Waals surface area contributed by atoms with Gasteiger partial charge < -0.3 is 14.3 Å². The Morgan fingerprint density at radius 3 is 1.58 bits per heavy atom. The Morgan fingerprint density at radius 2 is 1.30 bits per heavy atom. The van der Waals surface area contributed by atoms with Crippen LogP contribution in [0.2, 0.25) is 0 Å².